The average Bonchev–Trinajstić information content (AvgIpc) is 2.49. The molecule has 0 saturated heterocycles. The second kappa shape index (κ2) is 4.75. The maximum absolute atomic E-state index is 11.7. The van der Waals surface area contributed by atoms with Crippen molar-refractivity contribution in [2.24, 2.45) is 0 Å². The number of cyclic esters (lactones) is 1. The zero-order valence-corrected chi connectivity index (χ0v) is 11.5. The molecule has 3 nitrogen and oxygen atoms in total. The Morgan fingerprint density at radius 3 is 2.44 bits per heavy atom. The van der Waals surface area contributed by atoms with Gasteiger partial charge in [0, 0.05) is 12.1 Å². The fraction of sp³-hybridized carbons (Fsp3) is 0.357. The molecule has 96 valence electrons. The molecule has 0 aliphatic carbocycles. The maximum atomic E-state index is 11.7. The topological polar surface area (TPSA) is 29.5 Å². The number of rotatable bonds is 3. The molecule has 0 radical (unpaired) electrons. The van der Waals surface area contributed by atoms with E-state index in [1.807, 2.05) is 56.3 Å². The number of hydrogen-bond donors (Lipinski definition) is 0. The van der Waals surface area contributed by atoms with Crippen molar-refractivity contribution in [2.75, 3.05) is 20.6 Å². The molecule has 0 amide bonds. The molecule has 0 spiro atoms. The van der Waals surface area contributed by atoms with E-state index < -0.39 is 11.6 Å². The van der Waals surface area contributed by atoms with Crippen LogP contribution >= 0.6 is 11.6 Å². The van der Waals surface area contributed by atoms with Crippen LogP contribution in [0.3, 0.4) is 0 Å². The van der Waals surface area contributed by atoms with E-state index in [2.05, 4.69) is 0 Å². The van der Waals surface area contributed by atoms with E-state index in [0.29, 0.717) is 6.54 Å². The summed E-state index contributed by atoms with van der Waals surface area (Å²) in [6.45, 7) is 2.49. The molecule has 1 aliphatic rings. The summed E-state index contributed by atoms with van der Waals surface area (Å²) in [7, 11) is 3.88. The summed E-state index contributed by atoms with van der Waals surface area (Å²) in [4.78, 5) is 13.7. The zero-order chi connectivity index (χ0) is 13.3. The average molecular weight is 266 g/mol. The summed E-state index contributed by atoms with van der Waals surface area (Å²) in [6, 6.07) is 9.65. The first-order chi connectivity index (χ1) is 8.44. The highest BCUT2D eigenvalue weighted by Crippen LogP contribution is 2.41. The molecule has 1 heterocycles. The van der Waals surface area contributed by atoms with Crippen molar-refractivity contribution in [2.45, 2.75) is 12.5 Å². The van der Waals surface area contributed by atoms with Crippen LogP contribution in [0.5, 0.6) is 0 Å². The van der Waals surface area contributed by atoms with Gasteiger partial charge in [0.25, 0.3) is 0 Å². The third-order valence-electron chi connectivity index (χ3n) is 2.93. The van der Waals surface area contributed by atoms with Gasteiger partial charge in [-0.05, 0) is 26.6 Å². The van der Waals surface area contributed by atoms with Crippen LogP contribution in [0.1, 0.15) is 12.5 Å². The highest BCUT2D eigenvalue weighted by atomic mass is 35.5. The molecule has 2 rings (SSSR count). The highest BCUT2D eigenvalue weighted by Gasteiger charge is 2.44. The third kappa shape index (κ3) is 2.28. The molecule has 18 heavy (non-hydrogen) atoms. The summed E-state index contributed by atoms with van der Waals surface area (Å²) < 4.78 is 5.45. The van der Waals surface area contributed by atoms with Crippen molar-refractivity contribution in [1.82, 2.24) is 4.90 Å². The van der Waals surface area contributed by atoms with Gasteiger partial charge < -0.3 is 9.64 Å². The third-order valence-corrected chi connectivity index (χ3v) is 3.27. The first-order valence-corrected chi connectivity index (χ1v) is 6.15. The molecule has 4 heteroatoms. The SMILES string of the molecule is CN(C)CC1(C)OC(=O)C(Cl)=C1c1ccccc1. The van der Waals surface area contributed by atoms with Crippen LogP contribution < -0.4 is 0 Å². The van der Waals surface area contributed by atoms with Crippen LogP contribution in [0, 0.1) is 0 Å². The van der Waals surface area contributed by atoms with Gasteiger partial charge in [-0.1, -0.05) is 41.9 Å². The van der Waals surface area contributed by atoms with Gasteiger partial charge in [0.05, 0.1) is 0 Å². The van der Waals surface area contributed by atoms with Gasteiger partial charge >= 0.3 is 5.97 Å². The number of benzene rings is 1. The van der Waals surface area contributed by atoms with Crippen molar-refractivity contribution in [3.8, 4) is 0 Å². The summed E-state index contributed by atoms with van der Waals surface area (Å²) in [5, 5.41) is 0.186. The number of hydrogen-bond acceptors (Lipinski definition) is 3. The Morgan fingerprint density at radius 2 is 1.89 bits per heavy atom. The number of nitrogens with zero attached hydrogens (tertiary/aromatic N) is 1. The number of carbonyl (C=O) groups is 1. The fourth-order valence-electron chi connectivity index (χ4n) is 2.39. The Hall–Kier alpha value is -1.32. The fourth-order valence-corrected chi connectivity index (χ4v) is 2.73. The first kappa shape index (κ1) is 13.1. The molecule has 0 N–H and O–H groups in total. The monoisotopic (exact) mass is 265 g/mol. The predicted octanol–water partition coefficient (Wildman–Crippen LogP) is 2.51. The van der Waals surface area contributed by atoms with Gasteiger partial charge in [0.2, 0.25) is 0 Å². The van der Waals surface area contributed by atoms with Gasteiger partial charge in [-0.15, -0.1) is 0 Å². The molecule has 0 aromatic heterocycles. The van der Waals surface area contributed by atoms with Crippen molar-refractivity contribution >= 4 is 23.1 Å². The van der Waals surface area contributed by atoms with Crippen LogP contribution in [0.15, 0.2) is 35.4 Å². The summed E-state index contributed by atoms with van der Waals surface area (Å²) in [6.07, 6.45) is 0. The standard InChI is InChI=1S/C14H16ClNO2/c1-14(9-16(2)3)11(12(15)13(17)18-14)10-7-5-4-6-8-10/h4-8H,9H2,1-3H3. The molecule has 1 aromatic rings. The lowest BCUT2D eigenvalue weighted by Crippen LogP contribution is -2.39. The van der Waals surface area contributed by atoms with E-state index >= 15 is 0 Å². The van der Waals surface area contributed by atoms with E-state index in [1.165, 1.54) is 0 Å². The van der Waals surface area contributed by atoms with Crippen molar-refractivity contribution < 1.29 is 9.53 Å². The molecule has 1 aromatic carbocycles. The molecule has 1 atom stereocenters. The van der Waals surface area contributed by atoms with E-state index in [4.69, 9.17) is 16.3 Å². The molecular formula is C14H16ClNO2. The first-order valence-electron chi connectivity index (χ1n) is 5.78. The smallest absolute Gasteiger partial charge is 0.351 e. The lowest BCUT2D eigenvalue weighted by molar-refractivity contribution is -0.145. The Balaban J connectivity index is 2.49. The molecular weight excluding hydrogens is 250 g/mol. The summed E-state index contributed by atoms with van der Waals surface area (Å²) in [5.74, 6) is -0.445. The second-order valence-electron chi connectivity index (χ2n) is 4.91. The predicted molar refractivity (Wildman–Crippen MR) is 72.3 cm³/mol. The maximum Gasteiger partial charge on any atom is 0.351 e. The van der Waals surface area contributed by atoms with E-state index in [-0.39, 0.29) is 5.03 Å². The Bertz CT molecular complexity index is 496. The second-order valence-corrected chi connectivity index (χ2v) is 5.29. The van der Waals surface area contributed by atoms with Gasteiger partial charge in [-0.3, -0.25) is 0 Å². The Kier molecular flexibility index (Phi) is 3.46. The molecule has 1 unspecified atom stereocenters. The van der Waals surface area contributed by atoms with Gasteiger partial charge in [0.15, 0.2) is 0 Å². The normalized spacial score (nSPS) is 23.7. The zero-order valence-electron chi connectivity index (χ0n) is 10.7. The number of esters is 1. The van der Waals surface area contributed by atoms with E-state index in [9.17, 15) is 4.79 Å². The highest BCUT2D eigenvalue weighted by molar-refractivity contribution is 6.45. The summed E-state index contributed by atoms with van der Waals surface area (Å²) in [5.41, 5.74) is 1.00. The largest absolute Gasteiger partial charge is 0.449 e. The van der Waals surface area contributed by atoms with E-state index in [0.717, 1.165) is 11.1 Å². The lowest BCUT2D eigenvalue weighted by Gasteiger charge is -2.29. The van der Waals surface area contributed by atoms with Crippen molar-refractivity contribution in [1.29, 1.82) is 0 Å². The van der Waals surface area contributed by atoms with Crippen molar-refractivity contribution in [3.05, 3.63) is 40.9 Å². The van der Waals surface area contributed by atoms with Gasteiger partial charge in [-0.2, -0.15) is 0 Å². The van der Waals surface area contributed by atoms with Gasteiger partial charge in [0.1, 0.15) is 10.6 Å². The quantitative estimate of drug-likeness (QED) is 0.787. The number of likely N-dealkylation sites (N-methyl/N-ethyl adjacent to an activating group) is 1. The minimum absolute atomic E-state index is 0.186. The summed E-state index contributed by atoms with van der Waals surface area (Å²) >= 11 is 6.12. The number of halogens is 1. The van der Waals surface area contributed by atoms with Crippen LogP contribution in [0.4, 0.5) is 0 Å². The number of ether oxygens (including phenoxy) is 1. The van der Waals surface area contributed by atoms with Crippen LogP contribution in [-0.4, -0.2) is 37.1 Å². The van der Waals surface area contributed by atoms with Crippen LogP contribution in [0.25, 0.3) is 5.57 Å². The van der Waals surface area contributed by atoms with Gasteiger partial charge in [-0.25, -0.2) is 4.79 Å². The molecule has 0 bridgehead atoms. The van der Waals surface area contributed by atoms with Crippen LogP contribution in [-0.2, 0) is 9.53 Å². The minimum Gasteiger partial charge on any atom is -0.449 e. The Labute approximate surface area is 112 Å². The number of carbonyl (C=O) groups excluding carboxylic acids is 1. The van der Waals surface area contributed by atoms with Crippen LogP contribution in [0.2, 0.25) is 0 Å². The molecule has 0 fully saturated rings. The molecule has 1 aliphatic heterocycles. The lowest BCUT2D eigenvalue weighted by atomic mass is 9.90. The Morgan fingerprint density at radius 1 is 1.28 bits per heavy atom. The minimum atomic E-state index is -0.695. The molecule has 0 saturated carbocycles. The van der Waals surface area contributed by atoms with E-state index in [1.54, 1.807) is 0 Å². The van der Waals surface area contributed by atoms with Crippen molar-refractivity contribution in [3.63, 3.8) is 0 Å².